The van der Waals surface area contributed by atoms with Gasteiger partial charge in [-0.15, -0.1) is 0 Å². The summed E-state index contributed by atoms with van der Waals surface area (Å²) in [7, 11) is 4.03. The summed E-state index contributed by atoms with van der Waals surface area (Å²) < 4.78 is 0. The van der Waals surface area contributed by atoms with Crippen LogP contribution >= 0.6 is 11.6 Å². The lowest BCUT2D eigenvalue weighted by molar-refractivity contribution is -0.384. The Morgan fingerprint density at radius 1 is 1.58 bits per heavy atom. The van der Waals surface area contributed by atoms with E-state index in [1.54, 1.807) is 0 Å². The van der Waals surface area contributed by atoms with E-state index in [1.165, 1.54) is 6.42 Å². The number of halogens is 1. The fourth-order valence-corrected chi connectivity index (χ4v) is 2.37. The Bertz CT molecular complexity index is 490. The van der Waals surface area contributed by atoms with Crippen LogP contribution < -0.4 is 5.32 Å². The molecule has 0 bridgehead atoms. The summed E-state index contributed by atoms with van der Waals surface area (Å²) in [4.78, 5) is 20.1. The lowest BCUT2D eigenvalue weighted by Gasteiger charge is -2.47. The SMILES string of the molecule is CN(C)C1(CNc2nc(Cl)ncc2[N+](=O)[O-])CCC1. The van der Waals surface area contributed by atoms with E-state index in [4.69, 9.17) is 11.6 Å². The molecule has 1 aliphatic carbocycles. The molecule has 0 aliphatic heterocycles. The van der Waals surface area contributed by atoms with E-state index in [2.05, 4.69) is 20.2 Å². The predicted octanol–water partition coefficient (Wildman–Crippen LogP) is 1.93. The molecule has 1 aromatic rings. The summed E-state index contributed by atoms with van der Waals surface area (Å²) in [5, 5.41) is 13.9. The van der Waals surface area contributed by atoms with Crippen molar-refractivity contribution < 1.29 is 4.92 Å². The Hall–Kier alpha value is -1.47. The van der Waals surface area contributed by atoms with E-state index in [-0.39, 0.29) is 22.3 Å². The van der Waals surface area contributed by atoms with Crippen LogP contribution in [0.25, 0.3) is 0 Å². The van der Waals surface area contributed by atoms with Gasteiger partial charge >= 0.3 is 5.69 Å². The number of hydrogen-bond donors (Lipinski definition) is 1. The number of nitrogens with zero attached hydrogens (tertiary/aromatic N) is 4. The molecule has 19 heavy (non-hydrogen) atoms. The van der Waals surface area contributed by atoms with Crippen molar-refractivity contribution in [2.75, 3.05) is 26.0 Å². The highest BCUT2D eigenvalue weighted by Gasteiger charge is 2.39. The van der Waals surface area contributed by atoms with Crippen molar-refractivity contribution in [1.29, 1.82) is 0 Å². The van der Waals surface area contributed by atoms with E-state index < -0.39 is 4.92 Å². The minimum absolute atomic E-state index is 0.000567. The van der Waals surface area contributed by atoms with Crippen molar-refractivity contribution in [3.05, 3.63) is 21.6 Å². The van der Waals surface area contributed by atoms with Gasteiger partial charge in [0.05, 0.1) is 4.92 Å². The largest absolute Gasteiger partial charge is 0.362 e. The van der Waals surface area contributed by atoms with Crippen LogP contribution in [-0.2, 0) is 0 Å². The fourth-order valence-electron chi connectivity index (χ4n) is 2.23. The van der Waals surface area contributed by atoms with Gasteiger partial charge in [0.25, 0.3) is 0 Å². The molecular formula is C11H16ClN5O2. The molecule has 1 N–H and O–H groups in total. The Kier molecular flexibility index (Phi) is 3.86. The highest BCUT2D eigenvalue weighted by Crippen LogP contribution is 2.36. The Balaban J connectivity index is 2.15. The fraction of sp³-hybridized carbons (Fsp3) is 0.636. The first kappa shape index (κ1) is 14.0. The first-order chi connectivity index (χ1) is 8.94. The average Bonchev–Trinajstić information content (AvgIpc) is 2.26. The van der Waals surface area contributed by atoms with Crippen LogP contribution in [-0.4, -0.2) is 46.0 Å². The standard InChI is InChI=1S/C11H16ClN5O2/c1-16(2)11(4-3-5-11)7-14-9-8(17(18)19)6-13-10(12)15-9/h6H,3-5,7H2,1-2H3,(H,13,14,15). The Morgan fingerprint density at radius 2 is 2.26 bits per heavy atom. The van der Waals surface area contributed by atoms with Crippen LogP contribution in [0.15, 0.2) is 6.20 Å². The molecule has 7 nitrogen and oxygen atoms in total. The van der Waals surface area contributed by atoms with Gasteiger partial charge in [-0.25, -0.2) is 4.98 Å². The van der Waals surface area contributed by atoms with Gasteiger partial charge < -0.3 is 10.2 Å². The third-order valence-corrected chi connectivity index (χ3v) is 3.94. The average molecular weight is 286 g/mol. The van der Waals surface area contributed by atoms with Gasteiger partial charge in [0.1, 0.15) is 6.20 Å². The van der Waals surface area contributed by atoms with Crippen molar-refractivity contribution in [3.8, 4) is 0 Å². The van der Waals surface area contributed by atoms with Crippen molar-refractivity contribution in [2.24, 2.45) is 0 Å². The summed E-state index contributed by atoms with van der Waals surface area (Å²) >= 11 is 5.69. The summed E-state index contributed by atoms with van der Waals surface area (Å²) in [6.07, 6.45) is 4.44. The van der Waals surface area contributed by atoms with Crippen LogP contribution in [0.4, 0.5) is 11.5 Å². The van der Waals surface area contributed by atoms with Gasteiger partial charge in [0.15, 0.2) is 0 Å². The van der Waals surface area contributed by atoms with E-state index in [1.807, 2.05) is 14.1 Å². The molecule has 0 saturated heterocycles. The molecular weight excluding hydrogens is 270 g/mol. The molecule has 1 saturated carbocycles. The monoisotopic (exact) mass is 285 g/mol. The quantitative estimate of drug-likeness (QED) is 0.505. The molecule has 0 aromatic carbocycles. The van der Waals surface area contributed by atoms with Crippen molar-refractivity contribution >= 4 is 23.1 Å². The van der Waals surface area contributed by atoms with Gasteiger partial charge in [-0.2, -0.15) is 4.98 Å². The van der Waals surface area contributed by atoms with Crippen LogP contribution in [0.5, 0.6) is 0 Å². The maximum Gasteiger partial charge on any atom is 0.329 e. The van der Waals surface area contributed by atoms with Crippen LogP contribution in [0.2, 0.25) is 5.28 Å². The van der Waals surface area contributed by atoms with Gasteiger partial charge in [-0.3, -0.25) is 10.1 Å². The van der Waals surface area contributed by atoms with Gasteiger partial charge in [-0.1, -0.05) is 0 Å². The van der Waals surface area contributed by atoms with Gasteiger partial charge in [0.2, 0.25) is 11.1 Å². The zero-order chi connectivity index (χ0) is 14.0. The lowest BCUT2D eigenvalue weighted by Crippen LogP contribution is -2.54. The second-order valence-corrected chi connectivity index (χ2v) is 5.29. The van der Waals surface area contributed by atoms with Crippen molar-refractivity contribution in [2.45, 2.75) is 24.8 Å². The van der Waals surface area contributed by atoms with E-state index in [0.29, 0.717) is 6.54 Å². The summed E-state index contributed by atoms with van der Waals surface area (Å²) in [5.74, 6) is 0.179. The Labute approximate surface area is 116 Å². The smallest absolute Gasteiger partial charge is 0.329 e. The zero-order valence-electron chi connectivity index (χ0n) is 10.9. The minimum atomic E-state index is -0.512. The van der Waals surface area contributed by atoms with Crippen LogP contribution in [0.1, 0.15) is 19.3 Å². The molecule has 0 amide bonds. The lowest BCUT2D eigenvalue weighted by atomic mass is 9.75. The Morgan fingerprint density at radius 3 is 2.74 bits per heavy atom. The zero-order valence-corrected chi connectivity index (χ0v) is 11.6. The maximum absolute atomic E-state index is 10.9. The summed E-state index contributed by atoms with van der Waals surface area (Å²) in [6, 6.07) is 0. The molecule has 1 aromatic heterocycles. The molecule has 0 radical (unpaired) electrons. The molecule has 1 heterocycles. The number of nitrogens with one attached hydrogen (secondary N) is 1. The molecule has 0 spiro atoms. The number of aromatic nitrogens is 2. The molecule has 8 heteroatoms. The second kappa shape index (κ2) is 5.26. The molecule has 0 unspecified atom stereocenters. The first-order valence-corrected chi connectivity index (χ1v) is 6.41. The predicted molar refractivity (Wildman–Crippen MR) is 72.5 cm³/mol. The highest BCUT2D eigenvalue weighted by atomic mass is 35.5. The molecule has 2 rings (SSSR count). The second-order valence-electron chi connectivity index (χ2n) is 4.96. The number of nitro groups is 1. The summed E-state index contributed by atoms with van der Waals surface area (Å²) in [6.45, 7) is 0.605. The molecule has 1 fully saturated rings. The highest BCUT2D eigenvalue weighted by molar-refractivity contribution is 6.28. The number of rotatable bonds is 5. The minimum Gasteiger partial charge on any atom is -0.362 e. The van der Waals surface area contributed by atoms with Crippen LogP contribution in [0, 0.1) is 10.1 Å². The normalized spacial score (nSPS) is 17.1. The molecule has 0 atom stereocenters. The number of hydrogen-bond acceptors (Lipinski definition) is 6. The molecule has 104 valence electrons. The topological polar surface area (TPSA) is 84.2 Å². The van der Waals surface area contributed by atoms with Gasteiger partial charge in [0, 0.05) is 12.1 Å². The van der Waals surface area contributed by atoms with E-state index in [0.717, 1.165) is 19.0 Å². The van der Waals surface area contributed by atoms with Crippen molar-refractivity contribution in [1.82, 2.24) is 14.9 Å². The third-order valence-electron chi connectivity index (χ3n) is 3.75. The van der Waals surface area contributed by atoms with Crippen molar-refractivity contribution in [3.63, 3.8) is 0 Å². The molecule has 1 aliphatic rings. The van der Waals surface area contributed by atoms with E-state index >= 15 is 0 Å². The van der Waals surface area contributed by atoms with E-state index in [9.17, 15) is 10.1 Å². The number of likely N-dealkylation sites (N-methyl/N-ethyl adjacent to an activating group) is 1. The first-order valence-electron chi connectivity index (χ1n) is 6.03. The number of anilines is 1. The summed E-state index contributed by atoms with van der Waals surface area (Å²) in [5.41, 5.74) is -0.108. The van der Waals surface area contributed by atoms with Gasteiger partial charge in [-0.05, 0) is 45.0 Å². The van der Waals surface area contributed by atoms with Crippen LogP contribution in [0.3, 0.4) is 0 Å². The third kappa shape index (κ3) is 2.76. The maximum atomic E-state index is 10.9.